The zero-order valence-electron chi connectivity index (χ0n) is 27.2. The molecule has 5 saturated carbocycles. The van der Waals surface area contributed by atoms with Gasteiger partial charge < -0.3 is 14.9 Å². The zero-order valence-corrected chi connectivity index (χ0v) is 27.2. The Morgan fingerprint density at radius 1 is 0.854 bits per heavy atom. The number of aliphatic hydroxyl groups is 1. The quantitative estimate of drug-likeness (QED) is 0.250. The minimum Gasteiger partial charge on any atom is -0.481 e. The molecular weight excluding hydrogens is 512 g/mol. The second kappa shape index (κ2) is 10.1. The van der Waals surface area contributed by atoms with Crippen LogP contribution in [0.1, 0.15) is 120 Å². The molecule has 5 heteroatoms. The third-order valence-electron chi connectivity index (χ3n) is 15.2. The Bertz CT molecular complexity index is 1080. The van der Waals surface area contributed by atoms with Crippen molar-refractivity contribution >= 4 is 11.9 Å². The van der Waals surface area contributed by atoms with Gasteiger partial charge in [-0.05, 0) is 122 Å². The molecule has 12 unspecified atom stereocenters. The van der Waals surface area contributed by atoms with E-state index in [2.05, 4.69) is 48.1 Å². The summed E-state index contributed by atoms with van der Waals surface area (Å²) in [6.07, 6.45) is 11.1. The Morgan fingerprint density at radius 3 is 2.17 bits per heavy atom. The number of rotatable bonds is 6. The van der Waals surface area contributed by atoms with E-state index < -0.39 is 17.8 Å². The second-order valence-corrected chi connectivity index (χ2v) is 16.9. The molecule has 41 heavy (non-hydrogen) atoms. The van der Waals surface area contributed by atoms with Gasteiger partial charge in [0.05, 0.1) is 24.5 Å². The molecule has 0 saturated heterocycles. The second-order valence-electron chi connectivity index (χ2n) is 16.9. The molecule has 5 aliphatic carbocycles. The number of fused-ring (bicyclic) bond motifs is 7. The summed E-state index contributed by atoms with van der Waals surface area (Å²) in [5, 5.41) is 20.5. The average Bonchev–Trinajstić information content (AvgIpc) is 3.29. The molecule has 0 heterocycles. The van der Waals surface area contributed by atoms with Crippen LogP contribution in [0.15, 0.2) is 12.2 Å². The maximum absolute atomic E-state index is 13.0. The van der Waals surface area contributed by atoms with Crippen molar-refractivity contribution in [1.29, 1.82) is 0 Å². The van der Waals surface area contributed by atoms with Crippen molar-refractivity contribution in [1.82, 2.24) is 0 Å². The molecule has 0 aliphatic heterocycles. The van der Waals surface area contributed by atoms with Crippen molar-refractivity contribution in [3.8, 4) is 0 Å². The number of hydrogen-bond acceptors (Lipinski definition) is 4. The summed E-state index contributed by atoms with van der Waals surface area (Å²) >= 11 is 0. The highest BCUT2D eigenvalue weighted by Gasteiger charge is 2.71. The SMILES string of the molecule is C=C(C)C1CCC2(COC(=O)C(C)C(C)C(=O)O)CCC3(C)C(CCC4C5(C)CCC(O)C(C)(C)C5CCC43C)C12. The summed E-state index contributed by atoms with van der Waals surface area (Å²) < 4.78 is 6.06. The van der Waals surface area contributed by atoms with E-state index in [4.69, 9.17) is 4.74 Å². The molecule has 0 aromatic carbocycles. The van der Waals surface area contributed by atoms with Crippen molar-refractivity contribution < 1.29 is 24.5 Å². The van der Waals surface area contributed by atoms with Crippen LogP contribution in [0, 0.1) is 68.5 Å². The van der Waals surface area contributed by atoms with Crippen LogP contribution in [-0.4, -0.2) is 34.9 Å². The minimum atomic E-state index is -0.952. The van der Waals surface area contributed by atoms with Crippen LogP contribution in [0.4, 0.5) is 0 Å². The number of carbonyl (C=O) groups is 2. The van der Waals surface area contributed by atoms with Crippen LogP contribution in [0.2, 0.25) is 0 Å². The zero-order chi connectivity index (χ0) is 30.3. The van der Waals surface area contributed by atoms with Crippen molar-refractivity contribution in [3.05, 3.63) is 12.2 Å². The minimum absolute atomic E-state index is 0.0382. The maximum Gasteiger partial charge on any atom is 0.309 e. The first-order valence-electron chi connectivity index (χ1n) is 16.7. The van der Waals surface area contributed by atoms with Gasteiger partial charge in [-0.25, -0.2) is 0 Å². The molecule has 0 amide bonds. The number of hydrogen-bond donors (Lipinski definition) is 2. The fourth-order valence-corrected chi connectivity index (χ4v) is 12.3. The lowest BCUT2D eigenvalue weighted by Crippen LogP contribution is -2.66. The Morgan fingerprint density at radius 2 is 1.54 bits per heavy atom. The predicted molar refractivity (Wildman–Crippen MR) is 162 cm³/mol. The Hall–Kier alpha value is -1.36. The highest BCUT2D eigenvalue weighted by atomic mass is 16.5. The van der Waals surface area contributed by atoms with Crippen molar-refractivity contribution in [3.63, 3.8) is 0 Å². The summed E-state index contributed by atoms with van der Waals surface area (Å²) in [5.74, 6) is -0.0446. The molecule has 0 aromatic heterocycles. The summed E-state index contributed by atoms with van der Waals surface area (Å²) in [6.45, 7) is 22.8. The number of carboxylic acid groups (broad SMARTS) is 1. The number of ether oxygens (including phenoxy) is 1. The molecule has 0 radical (unpaired) electrons. The van der Waals surface area contributed by atoms with Crippen molar-refractivity contribution in [2.45, 2.75) is 126 Å². The summed E-state index contributed by atoms with van der Waals surface area (Å²) in [6, 6.07) is 0. The van der Waals surface area contributed by atoms with E-state index in [0.29, 0.717) is 36.2 Å². The van der Waals surface area contributed by atoms with E-state index >= 15 is 0 Å². The summed E-state index contributed by atoms with van der Waals surface area (Å²) in [5.41, 5.74) is 1.90. The largest absolute Gasteiger partial charge is 0.481 e. The molecular formula is C36H58O5. The Labute approximate surface area is 249 Å². The van der Waals surface area contributed by atoms with Crippen LogP contribution < -0.4 is 0 Å². The Balaban J connectivity index is 1.45. The van der Waals surface area contributed by atoms with Gasteiger partial charge in [0, 0.05) is 5.41 Å². The highest BCUT2D eigenvalue weighted by Crippen LogP contribution is 2.77. The standard InChI is InChI=1S/C36H58O5/c1-21(2)24-12-17-36(20-41-31(40)23(4)22(3)30(38)39)19-18-34(8)25(29(24)36)10-11-27-33(7)15-14-28(37)32(5,6)26(33)13-16-35(27,34)9/h22-29,37H,1,10-20H2,2-9H3,(H,38,39). The average molecular weight is 571 g/mol. The molecule has 5 fully saturated rings. The van der Waals surface area contributed by atoms with E-state index in [1.54, 1.807) is 13.8 Å². The van der Waals surface area contributed by atoms with Crippen LogP contribution in [0.3, 0.4) is 0 Å². The first-order chi connectivity index (χ1) is 19.0. The van der Waals surface area contributed by atoms with Gasteiger partial charge in [-0.1, -0.05) is 60.6 Å². The molecule has 232 valence electrons. The number of aliphatic carboxylic acids is 1. The van der Waals surface area contributed by atoms with Gasteiger partial charge in [0.2, 0.25) is 0 Å². The van der Waals surface area contributed by atoms with Gasteiger partial charge in [-0.2, -0.15) is 0 Å². The van der Waals surface area contributed by atoms with Crippen molar-refractivity contribution in [2.24, 2.45) is 68.5 Å². The summed E-state index contributed by atoms with van der Waals surface area (Å²) in [4.78, 5) is 24.6. The predicted octanol–water partition coefficient (Wildman–Crippen LogP) is 7.90. The van der Waals surface area contributed by atoms with E-state index in [0.717, 1.165) is 38.5 Å². The van der Waals surface area contributed by atoms with Gasteiger partial charge in [-0.3, -0.25) is 9.59 Å². The molecule has 12 atom stereocenters. The fraction of sp³-hybridized carbons (Fsp3) is 0.889. The molecule has 0 aromatic rings. The number of carbonyl (C=O) groups excluding carboxylic acids is 1. The Kier molecular flexibility index (Phi) is 7.65. The highest BCUT2D eigenvalue weighted by molar-refractivity contribution is 5.80. The van der Waals surface area contributed by atoms with Gasteiger partial charge in [0.25, 0.3) is 0 Å². The van der Waals surface area contributed by atoms with Crippen LogP contribution >= 0.6 is 0 Å². The normalized spacial score (nSPS) is 48.0. The first-order valence-corrected chi connectivity index (χ1v) is 16.7. The molecule has 0 spiro atoms. The van der Waals surface area contributed by atoms with E-state index in [1.165, 1.54) is 31.3 Å². The maximum atomic E-state index is 13.0. The smallest absolute Gasteiger partial charge is 0.309 e. The molecule has 5 nitrogen and oxygen atoms in total. The molecule has 5 aliphatic rings. The van der Waals surface area contributed by atoms with E-state index in [9.17, 15) is 19.8 Å². The van der Waals surface area contributed by atoms with Crippen LogP contribution in [-0.2, 0) is 14.3 Å². The monoisotopic (exact) mass is 570 g/mol. The lowest BCUT2D eigenvalue weighted by atomic mass is 9.32. The van der Waals surface area contributed by atoms with E-state index in [-0.39, 0.29) is 39.1 Å². The van der Waals surface area contributed by atoms with Gasteiger partial charge >= 0.3 is 11.9 Å². The fourth-order valence-electron chi connectivity index (χ4n) is 12.3. The molecule has 5 rings (SSSR count). The molecule has 0 bridgehead atoms. The van der Waals surface area contributed by atoms with Gasteiger partial charge in [0.15, 0.2) is 0 Å². The number of aliphatic hydroxyl groups excluding tert-OH is 1. The third kappa shape index (κ3) is 4.32. The van der Waals surface area contributed by atoms with Crippen LogP contribution in [0.5, 0.6) is 0 Å². The van der Waals surface area contributed by atoms with Crippen LogP contribution in [0.25, 0.3) is 0 Å². The van der Waals surface area contributed by atoms with E-state index in [1.807, 2.05) is 0 Å². The number of carboxylic acids is 1. The molecule has 2 N–H and O–H groups in total. The topological polar surface area (TPSA) is 83.8 Å². The first kappa shape index (κ1) is 31.1. The lowest BCUT2D eigenvalue weighted by Gasteiger charge is -2.73. The van der Waals surface area contributed by atoms with Gasteiger partial charge in [0.1, 0.15) is 0 Å². The number of allylic oxidation sites excluding steroid dienone is 1. The number of esters is 1. The van der Waals surface area contributed by atoms with Crippen molar-refractivity contribution in [2.75, 3.05) is 6.61 Å². The third-order valence-corrected chi connectivity index (χ3v) is 15.2. The van der Waals surface area contributed by atoms with Gasteiger partial charge in [-0.15, -0.1) is 0 Å². The lowest BCUT2D eigenvalue weighted by molar-refractivity contribution is -0.250. The summed E-state index contributed by atoms with van der Waals surface area (Å²) in [7, 11) is 0.